The van der Waals surface area contributed by atoms with Crippen molar-refractivity contribution in [2.45, 2.75) is 44.6 Å². The van der Waals surface area contributed by atoms with E-state index in [-0.39, 0.29) is 0 Å². The van der Waals surface area contributed by atoms with Gasteiger partial charge in [-0.25, -0.2) is 4.68 Å². The van der Waals surface area contributed by atoms with E-state index in [2.05, 4.69) is 15.5 Å². The fraction of sp³-hybridized carbons (Fsp3) is 0.500. The van der Waals surface area contributed by atoms with Crippen molar-refractivity contribution in [1.82, 2.24) is 20.2 Å². The number of nitrogens with zero attached hydrogens (tertiary/aromatic N) is 4. The van der Waals surface area contributed by atoms with Gasteiger partial charge in [0.2, 0.25) is 0 Å². The molecule has 0 amide bonds. The molecule has 1 heterocycles. The molecular weight excluding hydrogens is 238 g/mol. The Bertz CT molecular complexity index is 523. The molecule has 0 bridgehead atoms. The lowest BCUT2D eigenvalue weighted by Gasteiger charge is -2.15. The fourth-order valence-electron chi connectivity index (χ4n) is 2.76. The van der Waals surface area contributed by atoms with E-state index < -0.39 is 0 Å². The van der Waals surface area contributed by atoms with Crippen molar-refractivity contribution in [1.29, 1.82) is 0 Å². The minimum absolute atomic E-state index is 0.435. The summed E-state index contributed by atoms with van der Waals surface area (Å²) in [5.74, 6) is 0.854. The Balaban J connectivity index is 1.90. The molecule has 1 aromatic carbocycles. The molecule has 3 rings (SSSR count). The van der Waals surface area contributed by atoms with Crippen LogP contribution in [0.5, 0.6) is 0 Å². The first-order valence-electron chi connectivity index (χ1n) is 6.98. The standard InChI is InChI=1S/C14H19N5/c15-12-9-7-11(8-10-12)14-16-17-18-19(14)13-5-3-1-2-4-6-13/h7-10,13H,1-6,15H2. The molecule has 1 aromatic heterocycles. The highest BCUT2D eigenvalue weighted by Gasteiger charge is 2.19. The third-order valence-corrected chi connectivity index (χ3v) is 3.83. The zero-order chi connectivity index (χ0) is 13.1. The van der Waals surface area contributed by atoms with Crippen LogP contribution in [0.1, 0.15) is 44.6 Å². The van der Waals surface area contributed by atoms with Gasteiger partial charge < -0.3 is 5.73 Å². The van der Waals surface area contributed by atoms with Gasteiger partial charge in [-0.05, 0) is 47.5 Å². The normalized spacial score (nSPS) is 17.3. The van der Waals surface area contributed by atoms with E-state index in [0.717, 1.165) is 17.1 Å². The fourth-order valence-corrected chi connectivity index (χ4v) is 2.76. The van der Waals surface area contributed by atoms with E-state index >= 15 is 0 Å². The van der Waals surface area contributed by atoms with Crippen molar-refractivity contribution in [3.8, 4) is 11.4 Å². The molecule has 19 heavy (non-hydrogen) atoms. The average Bonchev–Trinajstić information content (AvgIpc) is 2.75. The summed E-state index contributed by atoms with van der Waals surface area (Å²) in [5.41, 5.74) is 7.52. The van der Waals surface area contributed by atoms with Crippen LogP contribution in [-0.2, 0) is 0 Å². The van der Waals surface area contributed by atoms with Crippen molar-refractivity contribution >= 4 is 5.69 Å². The lowest BCUT2D eigenvalue weighted by Crippen LogP contribution is -2.11. The predicted molar refractivity (Wildman–Crippen MR) is 74.4 cm³/mol. The Kier molecular flexibility index (Phi) is 3.44. The number of anilines is 1. The molecule has 1 aliphatic rings. The molecule has 100 valence electrons. The van der Waals surface area contributed by atoms with Gasteiger partial charge in [-0.3, -0.25) is 0 Å². The summed E-state index contributed by atoms with van der Waals surface area (Å²) in [6.07, 6.45) is 7.54. The molecule has 1 saturated carbocycles. The number of rotatable bonds is 2. The van der Waals surface area contributed by atoms with Crippen LogP contribution in [0.25, 0.3) is 11.4 Å². The van der Waals surface area contributed by atoms with Gasteiger partial charge in [0.1, 0.15) is 0 Å². The number of nitrogen functional groups attached to an aromatic ring is 1. The van der Waals surface area contributed by atoms with Gasteiger partial charge in [0.05, 0.1) is 6.04 Å². The molecule has 0 spiro atoms. The van der Waals surface area contributed by atoms with E-state index in [0.29, 0.717) is 6.04 Å². The van der Waals surface area contributed by atoms with Crippen molar-refractivity contribution in [2.24, 2.45) is 0 Å². The van der Waals surface area contributed by atoms with Crippen molar-refractivity contribution in [3.63, 3.8) is 0 Å². The van der Waals surface area contributed by atoms with E-state index in [1.807, 2.05) is 28.9 Å². The Labute approximate surface area is 112 Å². The SMILES string of the molecule is Nc1ccc(-c2nnnn2C2CCCCCC2)cc1. The molecule has 1 aliphatic carbocycles. The summed E-state index contributed by atoms with van der Waals surface area (Å²) < 4.78 is 2.00. The van der Waals surface area contributed by atoms with Crippen LogP contribution in [0.3, 0.4) is 0 Å². The molecule has 0 aliphatic heterocycles. The van der Waals surface area contributed by atoms with Gasteiger partial charge in [-0.15, -0.1) is 5.10 Å². The van der Waals surface area contributed by atoms with E-state index in [1.165, 1.54) is 38.5 Å². The topological polar surface area (TPSA) is 69.6 Å². The van der Waals surface area contributed by atoms with Crippen molar-refractivity contribution in [2.75, 3.05) is 5.73 Å². The van der Waals surface area contributed by atoms with Gasteiger partial charge in [0.25, 0.3) is 0 Å². The summed E-state index contributed by atoms with van der Waals surface area (Å²) in [4.78, 5) is 0. The van der Waals surface area contributed by atoms with Crippen LogP contribution in [0.4, 0.5) is 5.69 Å². The molecule has 0 saturated heterocycles. The van der Waals surface area contributed by atoms with Crippen molar-refractivity contribution < 1.29 is 0 Å². The first-order chi connectivity index (χ1) is 9.34. The third-order valence-electron chi connectivity index (χ3n) is 3.83. The Morgan fingerprint density at radius 1 is 1.00 bits per heavy atom. The van der Waals surface area contributed by atoms with Gasteiger partial charge in [-0.2, -0.15) is 0 Å². The van der Waals surface area contributed by atoms with Crippen LogP contribution >= 0.6 is 0 Å². The highest BCUT2D eigenvalue weighted by atomic mass is 15.5. The predicted octanol–water partition coefficient (Wildman–Crippen LogP) is 2.82. The van der Waals surface area contributed by atoms with Crippen LogP contribution in [0, 0.1) is 0 Å². The second-order valence-electron chi connectivity index (χ2n) is 5.21. The third kappa shape index (κ3) is 2.59. The second-order valence-corrected chi connectivity index (χ2v) is 5.21. The quantitative estimate of drug-likeness (QED) is 0.663. The Morgan fingerprint density at radius 2 is 1.68 bits per heavy atom. The zero-order valence-electron chi connectivity index (χ0n) is 11.0. The number of hydrogen-bond donors (Lipinski definition) is 1. The van der Waals surface area contributed by atoms with E-state index in [1.54, 1.807) is 0 Å². The molecule has 5 nitrogen and oxygen atoms in total. The smallest absolute Gasteiger partial charge is 0.182 e. The van der Waals surface area contributed by atoms with Crippen molar-refractivity contribution in [3.05, 3.63) is 24.3 Å². The molecule has 5 heteroatoms. The lowest BCUT2D eigenvalue weighted by atomic mass is 10.1. The first kappa shape index (κ1) is 12.1. The van der Waals surface area contributed by atoms with Gasteiger partial charge >= 0.3 is 0 Å². The Hall–Kier alpha value is -1.91. The molecule has 0 atom stereocenters. The minimum Gasteiger partial charge on any atom is -0.399 e. The summed E-state index contributed by atoms with van der Waals surface area (Å²) in [6.45, 7) is 0. The van der Waals surface area contributed by atoms with Gasteiger partial charge in [-0.1, -0.05) is 25.7 Å². The highest BCUT2D eigenvalue weighted by Crippen LogP contribution is 2.29. The first-order valence-corrected chi connectivity index (χ1v) is 6.98. The summed E-state index contributed by atoms with van der Waals surface area (Å²) in [6, 6.07) is 8.18. The second kappa shape index (κ2) is 5.38. The van der Waals surface area contributed by atoms with Gasteiger partial charge in [0.15, 0.2) is 5.82 Å². The average molecular weight is 257 g/mol. The lowest BCUT2D eigenvalue weighted by molar-refractivity contribution is 0.400. The summed E-state index contributed by atoms with van der Waals surface area (Å²) in [7, 11) is 0. The maximum Gasteiger partial charge on any atom is 0.182 e. The Morgan fingerprint density at radius 3 is 2.37 bits per heavy atom. The maximum atomic E-state index is 5.72. The van der Waals surface area contributed by atoms with Crippen LogP contribution in [0.15, 0.2) is 24.3 Å². The number of tetrazole rings is 1. The highest BCUT2D eigenvalue weighted by molar-refractivity contribution is 5.58. The van der Waals surface area contributed by atoms with Crippen LogP contribution in [0.2, 0.25) is 0 Å². The molecule has 0 radical (unpaired) electrons. The number of hydrogen-bond acceptors (Lipinski definition) is 4. The largest absolute Gasteiger partial charge is 0.399 e. The molecular formula is C14H19N5. The van der Waals surface area contributed by atoms with Crippen LogP contribution < -0.4 is 5.73 Å². The number of nitrogens with two attached hydrogens (primary N) is 1. The molecule has 2 aromatic rings. The number of aromatic nitrogens is 4. The summed E-state index contributed by atoms with van der Waals surface area (Å²) in [5, 5.41) is 12.2. The molecule has 1 fully saturated rings. The van der Waals surface area contributed by atoms with Crippen LogP contribution in [-0.4, -0.2) is 20.2 Å². The monoisotopic (exact) mass is 257 g/mol. The zero-order valence-corrected chi connectivity index (χ0v) is 11.0. The number of benzene rings is 1. The van der Waals surface area contributed by atoms with E-state index in [9.17, 15) is 0 Å². The minimum atomic E-state index is 0.435. The molecule has 2 N–H and O–H groups in total. The molecule has 0 unspecified atom stereocenters. The maximum absolute atomic E-state index is 5.72. The summed E-state index contributed by atoms with van der Waals surface area (Å²) >= 11 is 0. The van der Waals surface area contributed by atoms with Gasteiger partial charge in [0, 0.05) is 11.3 Å². The van der Waals surface area contributed by atoms with E-state index in [4.69, 9.17) is 5.73 Å².